The molecule has 1 fully saturated rings. The number of amides is 1. The average Bonchev–Trinajstić information content (AvgIpc) is 3.15. The molecule has 3 aromatic rings. The van der Waals surface area contributed by atoms with Gasteiger partial charge >= 0.3 is 5.97 Å². The molecule has 2 atom stereocenters. The number of hydrogen-bond acceptors (Lipinski definition) is 5. The number of rotatable bonds is 9. The summed E-state index contributed by atoms with van der Waals surface area (Å²) in [7, 11) is -4.15. The number of thiophene rings is 1. The lowest BCUT2D eigenvalue weighted by Gasteiger charge is -2.24. The highest BCUT2D eigenvalue weighted by molar-refractivity contribution is 7.91. The number of hydrogen-bond donors (Lipinski definition) is 3. The first kappa shape index (κ1) is 22.5. The van der Waals surface area contributed by atoms with E-state index in [1.165, 1.54) is 6.07 Å². The number of carbonyl (C=O) groups excluding carboxylic acids is 1. The first-order valence-electron chi connectivity index (χ1n) is 9.60. The highest BCUT2D eigenvalue weighted by atomic mass is 35.5. The Kier molecular flexibility index (Phi) is 5.85. The third-order valence-electron chi connectivity index (χ3n) is 5.72. The quantitative estimate of drug-likeness (QED) is 0.398. The summed E-state index contributed by atoms with van der Waals surface area (Å²) in [5.41, 5.74) is -1.46. The van der Waals surface area contributed by atoms with Gasteiger partial charge in [-0.15, -0.1) is 11.3 Å². The second-order valence-electron chi connectivity index (χ2n) is 7.57. The predicted octanol–water partition coefficient (Wildman–Crippen LogP) is 3.26. The summed E-state index contributed by atoms with van der Waals surface area (Å²) >= 11 is 6.95. The lowest BCUT2D eigenvalue weighted by atomic mass is 9.90. The van der Waals surface area contributed by atoms with Crippen molar-refractivity contribution >= 4 is 45.3 Å². The maximum absolute atomic E-state index is 13.2. The predicted molar refractivity (Wildman–Crippen MR) is 122 cm³/mol. The molecule has 1 aliphatic rings. The SMILES string of the molecule is O=CNCC1(c2ccccc2)CC1(NS(=O)(=O)c1ccc(-c2ccc(Cl)cc2)s1)C(=O)O. The van der Waals surface area contributed by atoms with Gasteiger partial charge in [-0.25, -0.2) is 8.42 Å². The summed E-state index contributed by atoms with van der Waals surface area (Å²) < 4.78 is 28.9. The Morgan fingerprint density at radius 3 is 2.41 bits per heavy atom. The number of aliphatic carboxylic acids is 1. The number of benzene rings is 2. The zero-order chi connectivity index (χ0) is 23.0. The van der Waals surface area contributed by atoms with E-state index >= 15 is 0 Å². The standard InChI is InChI=1S/C22H19ClN2O5S2/c23-17-8-6-15(7-9-17)18-10-11-19(31-18)32(29,30)25-22(20(27)28)12-21(22,13-24-14-26)16-4-2-1-3-5-16/h1-11,14,25H,12-13H2,(H,24,26)(H,27,28). The fourth-order valence-electron chi connectivity index (χ4n) is 4.02. The lowest BCUT2D eigenvalue weighted by molar-refractivity contribution is -0.140. The smallest absolute Gasteiger partial charge is 0.325 e. The molecule has 32 heavy (non-hydrogen) atoms. The van der Waals surface area contributed by atoms with Crippen molar-refractivity contribution in [3.05, 3.63) is 77.3 Å². The van der Waals surface area contributed by atoms with Crippen molar-refractivity contribution in [1.29, 1.82) is 0 Å². The molecule has 0 saturated heterocycles. The molecule has 3 N–H and O–H groups in total. The largest absolute Gasteiger partial charge is 0.480 e. The summed E-state index contributed by atoms with van der Waals surface area (Å²) in [6.45, 7) is -0.0181. The van der Waals surface area contributed by atoms with E-state index in [-0.39, 0.29) is 17.2 Å². The van der Waals surface area contributed by atoms with Crippen LogP contribution in [0.3, 0.4) is 0 Å². The third-order valence-corrected chi connectivity index (χ3v) is 9.09. The third kappa shape index (κ3) is 3.81. The second-order valence-corrected chi connectivity index (χ2v) is 11.0. The molecule has 2 aromatic carbocycles. The van der Waals surface area contributed by atoms with E-state index in [9.17, 15) is 23.1 Å². The molecule has 0 radical (unpaired) electrons. The van der Waals surface area contributed by atoms with Crippen LogP contribution in [0.25, 0.3) is 10.4 Å². The summed E-state index contributed by atoms with van der Waals surface area (Å²) in [5.74, 6) is -1.30. The van der Waals surface area contributed by atoms with Gasteiger partial charge in [-0.3, -0.25) is 9.59 Å². The monoisotopic (exact) mass is 490 g/mol. The van der Waals surface area contributed by atoms with Gasteiger partial charge in [0, 0.05) is 21.9 Å². The minimum atomic E-state index is -4.15. The highest BCUT2D eigenvalue weighted by Crippen LogP contribution is 2.58. The first-order valence-corrected chi connectivity index (χ1v) is 12.3. The van der Waals surface area contributed by atoms with Crippen LogP contribution in [-0.2, 0) is 25.0 Å². The first-order chi connectivity index (χ1) is 15.2. The summed E-state index contributed by atoms with van der Waals surface area (Å²) in [5, 5.41) is 13.2. The molecule has 1 amide bonds. The van der Waals surface area contributed by atoms with Gasteiger partial charge in [-0.1, -0.05) is 54.1 Å². The molecule has 1 heterocycles. The minimum Gasteiger partial charge on any atom is -0.480 e. The number of carboxylic acid groups (broad SMARTS) is 1. The highest BCUT2D eigenvalue weighted by Gasteiger charge is 2.74. The van der Waals surface area contributed by atoms with Gasteiger partial charge < -0.3 is 10.4 Å². The molecule has 0 bridgehead atoms. The van der Waals surface area contributed by atoms with Gasteiger partial charge in [-0.05, 0) is 41.8 Å². The fourth-order valence-corrected chi connectivity index (χ4v) is 6.88. The Hall–Kier alpha value is -2.72. The molecule has 166 valence electrons. The van der Waals surface area contributed by atoms with Crippen LogP contribution in [0.1, 0.15) is 12.0 Å². The van der Waals surface area contributed by atoms with Gasteiger partial charge in [0.15, 0.2) is 0 Å². The maximum atomic E-state index is 13.2. The Morgan fingerprint density at radius 2 is 1.78 bits per heavy atom. The molecule has 1 aromatic heterocycles. The minimum absolute atomic E-state index is 0.000262. The summed E-state index contributed by atoms with van der Waals surface area (Å²) in [6, 6.07) is 18.8. The summed E-state index contributed by atoms with van der Waals surface area (Å²) in [4.78, 5) is 24.0. The molecule has 1 saturated carbocycles. The van der Waals surface area contributed by atoms with E-state index in [1.807, 2.05) is 0 Å². The number of halogens is 1. The normalized spacial score (nSPS) is 22.3. The van der Waals surface area contributed by atoms with E-state index in [0.29, 0.717) is 21.9 Å². The van der Waals surface area contributed by atoms with Crippen LogP contribution >= 0.6 is 22.9 Å². The van der Waals surface area contributed by atoms with Crippen LogP contribution in [0, 0.1) is 0 Å². The van der Waals surface area contributed by atoms with Crippen LogP contribution in [0.5, 0.6) is 0 Å². The zero-order valence-corrected chi connectivity index (χ0v) is 19.0. The van der Waals surface area contributed by atoms with E-state index in [1.54, 1.807) is 60.7 Å². The van der Waals surface area contributed by atoms with Gasteiger partial charge in [0.05, 0.1) is 0 Å². The molecule has 10 heteroatoms. The molecule has 7 nitrogen and oxygen atoms in total. The fraction of sp³-hybridized carbons (Fsp3) is 0.182. The van der Waals surface area contributed by atoms with Gasteiger partial charge in [0.2, 0.25) is 6.41 Å². The Balaban J connectivity index is 1.68. The average molecular weight is 491 g/mol. The molecular weight excluding hydrogens is 472 g/mol. The van der Waals surface area contributed by atoms with Crippen molar-refractivity contribution in [2.45, 2.75) is 21.6 Å². The van der Waals surface area contributed by atoms with Crippen LogP contribution < -0.4 is 10.0 Å². The van der Waals surface area contributed by atoms with Crippen molar-refractivity contribution in [3.63, 3.8) is 0 Å². The zero-order valence-electron chi connectivity index (χ0n) is 16.6. The molecule has 2 unspecified atom stereocenters. The lowest BCUT2D eigenvalue weighted by Crippen LogP contribution is -2.51. The van der Waals surface area contributed by atoms with E-state index in [0.717, 1.165) is 16.9 Å². The van der Waals surface area contributed by atoms with Gasteiger partial charge in [-0.2, -0.15) is 4.72 Å². The van der Waals surface area contributed by atoms with Crippen molar-refractivity contribution in [1.82, 2.24) is 10.0 Å². The van der Waals surface area contributed by atoms with Gasteiger partial charge in [0.1, 0.15) is 9.75 Å². The number of nitrogens with one attached hydrogen (secondary N) is 2. The number of carbonyl (C=O) groups is 2. The van der Waals surface area contributed by atoms with E-state index in [4.69, 9.17) is 11.6 Å². The maximum Gasteiger partial charge on any atom is 0.325 e. The molecule has 1 aliphatic carbocycles. The van der Waals surface area contributed by atoms with Crippen molar-refractivity contribution in [2.24, 2.45) is 0 Å². The molecule has 0 aliphatic heterocycles. The molecular formula is C22H19ClN2O5S2. The topological polar surface area (TPSA) is 113 Å². The van der Waals surface area contributed by atoms with Crippen molar-refractivity contribution in [2.75, 3.05) is 6.54 Å². The van der Waals surface area contributed by atoms with E-state index < -0.39 is 26.9 Å². The number of sulfonamides is 1. The van der Waals surface area contributed by atoms with Crippen LogP contribution in [0.2, 0.25) is 5.02 Å². The summed E-state index contributed by atoms with van der Waals surface area (Å²) in [6.07, 6.45) is 0.483. The molecule has 4 rings (SSSR count). The molecule has 0 spiro atoms. The Morgan fingerprint density at radius 1 is 1.09 bits per heavy atom. The van der Waals surface area contributed by atoms with Gasteiger partial charge in [0.25, 0.3) is 10.0 Å². The van der Waals surface area contributed by atoms with E-state index in [2.05, 4.69) is 10.0 Å². The Bertz CT molecular complexity index is 1260. The van der Waals surface area contributed by atoms with Crippen LogP contribution in [0.4, 0.5) is 0 Å². The van der Waals surface area contributed by atoms with Crippen molar-refractivity contribution < 1.29 is 23.1 Å². The Labute approximate surface area is 194 Å². The second kappa shape index (κ2) is 8.32. The van der Waals surface area contributed by atoms with Crippen LogP contribution in [0.15, 0.2) is 70.9 Å². The number of carboxylic acids is 1. The van der Waals surface area contributed by atoms with Crippen molar-refractivity contribution in [3.8, 4) is 10.4 Å². The van der Waals surface area contributed by atoms with Crippen LogP contribution in [-0.4, -0.2) is 38.0 Å².